The molecule has 2 fully saturated rings. The number of carbonyl (C=O) groups excluding carboxylic acids is 1. The van der Waals surface area contributed by atoms with E-state index in [4.69, 9.17) is 14.2 Å². The summed E-state index contributed by atoms with van der Waals surface area (Å²) in [5.41, 5.74) is 0.735. The molecule has 1 aromatic carbocycles. The third-order valence-corrected chi connectivity index (χ3v) is 5.19. The number of amides is 1. The zero-order valence-electron chi connectivity index (χ0n) is 15.2. The summed E-state index contributed by atoms with van der Waals surface area (Å²) in [7, 11) is 3.36. The standard InChI is InChI=1S/C19H28N2O4/c1-23-11-9-20-8-7-19(13-20)14-21(10-12-25-15-19)18(22)16-3-5-17(24-2)6-4-16/h3-6H,7-15H2,1-2H3. The van der Waals surface area contributed by atoms with Gasteiger partial charge in [-0.2, -0.15) is 0 Å². The van der Waals surface area contributed by atoms with Gasteiger partial charge in [0.05, 0.1) is 26.9 Å². The Bertz CT molecular complexity index is 577. The van der Waals surface area contributed by atoms with Gasteiger partial charge in [-0.15, -0.1) is 0 Å². The Morgan fingerprint density at radius 3 is 2.72 bits per heavy atom. The van der Waals surface area contributed by atoms with Crippen molar-refractivity contribution in [3.8, 4) is 5.75 Å². The minimum absolute atomic E-state index is 0.0341. The summed E-state index contributed by atoms with van der Waals surface area (Å²) < 4.78 is 16.2. The molecule has 6 heteroatoms. The van der Waals surface area contributed by atoms with Crippen LogP contribution in [0.25, 0.3) is 0 Å². The first-order valence-electron chi connectivity index (χ1n) is 8.88. The van der Waals surface area contributed by atoms with Gasteiger partial charge in [-0.25, -0.2) is 0 Å². The lowest BCUT2D eigenvalue weighted by Gasteiger charge is -2.32. The van der Waals surface area contributed by atoms with E-state index in [1.165, 1.54) is 0 Å². The van der Waals surface area contributed by atoms with Crippen LogP contribution in [0.3, 0.4) is 0 Å². The zero-order valence-corrected chi connectivity index (χ0v) is 15.2. The van der Waals surface area contributed by atoms with E-state index >= 15 is 0 Å². The molecule has 6 nitrogen and oxygen atoms in total. The van der Waals surface area contributed by atoms with Crippen molar-refractivity contribution >= 4 is 5.91 Å². The summed E-state index contributed by atoms with van der Waals surface area (Å²) in [6, 6.07) is 7.33. The van der Waals surface area contributed by atoms with Crippen LogP contribution in [0.4, 0.5) is 0 Å². The Morgan fingerprint density at radius 2 is 2.00 bits per heavy atom. The number of rotatable bonds is 5. The largest absolute Gasteiger partial charge is 0.497 e. The molecule has 2 aliphatic heterocycles. The molecule has 3 rings (SSSR count). The van der Waals surface area contributed by atoms with Crippen LogP contribution in [0.15, 0.2) is 24.3 Å². The maximum absolute atomic E-state index is 12.9. The summed E-state index contributed by atoms with van der Waals surface area (Å²) >= 11 is 0. The topological polar surface area (TPSA) is 51.2 Å². The fraction of sp³-hybridized carbons (Fsp3) is 0.632. The third kappa shape index (κ3) is 4.32. The maximum Gasteiger partial charge on any atom is 0.253 e. The molecule has 1 aromatic rings. The number of ether oxygens (including phenoxy) is 3. The van der Waals surface area contributed by atoms with Crippen molar-refractivity contribution < 1.29 is 19.0 Å². The highest BCUT2D eigenvalue weighted by Gasteiger charge is 2.42. The van der Waals surface area contributed by atoms with E-state index in [0.717, 1.165) is 51.6 Å². The van der Waals surface area contributed by atoms with E-state index in [0.29, 0.717) is 18.7 Å². The minimum atomic E-state index is 0.0341. The zero-order chi connectivity index (χ0) is 17.7. The first-order valence-corrected chi connectivity index (χ1v) is 8.88. The molecule has 0 radical (unpaired) electrons. The normalized spacial score (nSPS) is 24.5. The Labute approximate surface area is 149 Å². The Kier molecular flexibility index (Phi) is 5.93. The van der Waals surface area contributed by atoms with E-state index in [1.807, 2.05) is 29.2 Å². The molecule has 25 heavy (non-hydrogen) atoms. The molecular weight excluding hydrogens is 320 g/mol. The van der Waals surface area contributed by atoms with Crippen LogP contribution in [0.1, 0.15) is 16.8 Å². The molecule has 0 aromatic heterocycles. The molecule has 2 heterocycles. The van der Waals surface area contributed by atoms with E-state index in [2.05, 4.69) is 4.90 Å². The molecule has 1 amide bonds. The number of benzene rings is 1. The predicted octanol–water partition coefficient (Wildman–Crippen LogP) is 1.51. The van der Waals surface area contributed by atoms with Crippen LogP contribution in [0, 0.1) is 5.41 Å². The number of carbonyl (C=O) groups is 1. The lowest BCUT2D eigenvalue weighted by atomic mass is 9.87. The van der Waals surface area contributed by atoms with E-state index in [-0.39, 0.29) is 11.3 Å². The van der Waals surface area contributed by atoms with E-state index in [9.17, 15) is 4.79 Å². The number of methoxy groups -OCH3 is 2. The van der Waals surface area contributed by atoms with Crippen molar-refractivity contribution in [2.75, 3.05) is 66.8 Å². The summed E-state index contributed by atoms with van der Waals surface area (Å²) in [5, 5.41) is 0. The van der Waals surface area contributed by atoms with Gasteiger partial charge < -0.3 is 24.0 Å². The number of hydrogen-bond donors (Lipinski definition) is 0. The summed E-state index contributed by atoms with van der Waals surface area (Å²) in [4.78, 5) is 17.3. The van der Waals surface area contributed by atoms with Crippen LogP contribution in [0.5, 0.6) is 5.75 Å². The molecule has 1 spiro atoms. The van der Waals surface area contributed by atoms with Crippen molar-refractivity contribution in [1.29, 1.82) is 0 Å². The Hall–Kier alpha value is -1.63. The summed E-state index contributed by atoms with van der Waals surface area (Å²) in [6.45, 7) is 6.40. The maximum atomic E-state index is 12.9. The van der Waals surface area contributed by atoms with Crippen LogP contribution in [0.2, 0.25) is 0 Å². The van der Waals surface area contributed by atoms with Crippen molar-refractivity contribution in [2.24, 2.45) is 5.41 Å². The highest BCUT2D eigenvalue weighted by Crippen LogP contribution is 2.33. The molecule has 2 saturated heterocycles. The lowest BCUT2D eigenvalue weighted by Crippen LogP contribution is -2.43. The quantitative estimate of drug-likeness (QED) is 0.807. The Morgan fingerprint density at radius 1 is 1.20 bits per heavy atom. The first kappa shape index (κ1) is 18.2. The van der Waals surface area contributed by atoms with Crippen molar-refractivity contribution in [1.82, 2.24) is 9.80 Å². The SMILES string of the molecule is COCCN1CCC2(COCCN(C(=O)c3ccc(OC)cc3)C2)C1. The highest BCUT2D eigenvalue weighted by molar-refractivity contribution is 5.94. The fourth-order valence-corrected chi connectivity index (χ4v) is 3.77. The van der Waals surface area contributed by atoms with Gasteiger partial charge in [0.15, 0.2) is 0 Å². The second kappa shape index (κ2) is 8.17. The molecular formula is C19H28N2O4. The smallest absolute Gasteiger partial charge is 0.253 e. The summed E-state index contributed by atoms with van der Waals surface area (Å²) in [6.07, 6.45) is 1.06. The van der Waals surface area contributed by atoms with Gasteiger partial charge >= 0.3 is 0 Å². The second-order valence-corrected chi connectivity index (χ2v) is 7.03. The monoisotopic (exact) mass is 348 g/mol. The van der Waals surface area contributed by atoms with Gasteiger partial charge in [-0.3, -0.25) is 4.79 Å². The van der Waals surface area contributed by atoms with Crippen molar-refractivity contribution in [3.05, 3.63) is 29.8 Å². The molecule has 1 atom stereocenters. The Balaban J connectivity index is 1.68. The van der Waals surface area contributed by atoms with Crippen LogP contribution in [-0.4, -0.2) is 82.5 Å². The van der Waals surface area contributed by atoms with E-state index < -0.39 is 0 Å². The van der Waals surface area contributed by atoms with E-state index in [1.54, 1.807) is 14.2 Å². The number of hydrogen-bond acceptors (Lipinski definition) is 5. The lowest BCUT2D eigenvalue weighted by molar-refractivity contribution is 0.0629. The molecule has 0 bridgehead atoms. The molecule has 1 unspecified atom stereocenters. The van der Waals surface area contributed by atoms with Gasteiger partial charge in [0.2, 0.25) is 0 Å². The van der Waals surface area contributed by atoms with Crippen LogP contribution < -0.4 is 4.74 Å². The van der Waals surface area contributed by atoms with Gasteiger partial charge in [-0.05, 0) is 37.2 Å². The van der Waals surface area contributed by atoms with Gasteiger partial charge in [0.25, 0.3) is 5.91 Å². The van der Waals surface area contributed by atoms with Gasteiger partial charge in [0.1, 0.15) is 5.75 Å². The van der Waals surface area contributed by atoms with Crippen molar-refractivity contribution in [3.63, 3.8) is 0 Å². The van der Waals surface area contributed by atoms with Crippen molar-refractivity contribution in [2.45, 2.75) is 6.42 Å². The number of nitrogens with zero attached hydrogens (tertiary/aromatic N) is 2. The molecule has 138 valence electrons. The number of likely N-dealkylation sites (tertiary alicyclic amines) is 1. The summed E-state index contributed by atoms with van der Waals surface area (Å²) in [5.74, 6) is 0.833. The predicted molar refractivity (Wildman–Crippen MR) is 95.1 cm³/mol. The van der Waals surface area contributed by atoms with Gasteiger partial charge in [-0.1, -0.05) is 0 Å². The van der Waals surface area contributed by atoms with Crippen LogP contribution in [-0.2, 0) is 9.47 Å². The molecule has 2 aliphatic rings. The molecule has 0 aliphatic carbocycles. The second-order valence-electron chi connectivity index (χ2n) is 7.03. The molecule has 0 saturated carbocycles. The third-order valence-electron chi connectivity index (χ3n) is 5.19. The van der Waals surface area contributed by atoms with Gasteiger partial charge in [0, 0.05) is 44.3 Å². The minimum Gasteiger partial charge on any atom is -0.497 e. The average molecular weight is 348 g/mol. The fourth-order valence-electron chi connectivity index (χ4n) is 3.77. The van der Waals surface area contributed by atoms with Crippen LogP contribution >= 0.6 is 0 Å². The first-order chi connectivity index (χ1) is 12.2. The average Bonchev–Trinajstić information content (AvgIpc) is 2.92. The molecule has 0 N–H and O–H groups in total. The highest BCUT2D eigenvalue weighted by atomic mass is 16.5.